The van der Waals surface area contributed by atoms with Gasteiger partial charge in [0.05, 0.1) is 27.0 Å². The summed E-state index contributed by atoms with van der Waals surface area (Å²) in [5, 5.41) is 2.86. The Morgan fingerprint density at radius 1 is 1.46 bits per heavy atom. The van der Waals surface area contributed by atoms with Crippen molar-refractivity contribution in [3.8, 4) is 0 Å². The van der Waals surface area contributed by atoms with Crippen molar-refractivity contribution in [3.63, 3.8) is 0 Å². The van der Waals surface area contributed by atoms with Gasteiger partial charge in [-0.25, -0.2) is 14.3 Å². The molecule has 0 aromatic carbocycles. The number of nitrogen functional groups attached to an aromatic ring is 1. The lowest BCUT2D eigenvalue weighted by Crippen LogP contribution is -2.40. The minimum atomic E-state index is -0.647. The van der Waals surface area contributed by atoms with E-state index in [0.717, 1.165) is 9.08 Å². The zero-order valence-electron chi connectivity index (χ0n) is 14.5. The van der Waals surface area contributed by atoms with Gasteiger partial charge in [-0.1, -0.05) is 0 Å². The Balaban J connectivity index is 1.93. The van der Waals surface area contributed by atoms with Crippen LogP contribution in [0.2, 0.25) is 0 Å². The molecular formula is C16H19Br2N5O3. The molecule has 3 N–H and O–H groups in total. The van der Waals surface area contributed by atoms with E-state index in [2.05, 4.69) is 42.2 Å². The third-order valence-corrected chi connectivity index (χ3v) is 5.86. The van der Waals surface area contributed by atoms with Crippen molar-refractivity contribution < 1.29 is 14.3 Å². The lowest BCUT2D eigenvalue weighted by molar-refractivity contribution is 0.0534. The fourth-order valence-electron chi connectivity index (χ4n) is 2.86. The maximum Gasteiger partial charge on any atom is 0.421 e. The molecule has 0 fully saturated rings. The highest BCUT2D eigenvalue weighted by Gasteiger charge is 2.31. The van der Waals surface area contributed by atoms with Crippen molar-refractivity contribution >= 4 is 49.8 Å². The molecule has 3 heterocycles. The third-order valence-electron chi connectivity index (χ3n) is 3.91. The van der Waals surface area contributed by atoms with Gasteiger partial charge in [0.2, 0.25) is 5.95 Å². The lowest BCUT2D eigenvalue weighted by atomic mass is 10.1. The van der Waals surface area contributed by atoms with Crippen LogP contribution in [0.1, 0.15) is 43.0 Å². The number of ether oxygens (including phenoxy) is 1. The monoisotopic (exact) mass is 487 g/mol. The topological polar surface area (TPSA) is 104 Å². The Morgan fingerprint density at radius 2 is 2.15 bits per heavy atom. The van der Waals surface area contributed by atoms with Gasteiger partial charge in [-0.05, 0) is 58.7 Å². The highest BCUT2D eigenvalue weighted by molar-refractivity contribution is 9.13. The van der Waals surface area contributed by atoms with Gasteiger partial charge in [-0.3, -0.25) is 4.79 Å². The number of anilines is 1. The number of rotatable bonds is 2. The normalized spacial score (nSPS) is 17.0. The van der Waals surface area contributed by atoms with E-state index < -0.39 is 11.7 Å². The molecule has 26 heavy (non-hydrogen) atoms. The number of nitrogens with zero attached hydrogens (tertiary/aromatic N) is 3. The molecule has 140 valence electrons. The first-order valence-corrected chi connectivity index (χ1v) is 9.57. The Hall–Kier alpha value is -1.81. The SMILES string of the molecule is CC(C)(C)OC(=O)n1c(CC2CNC(=O)c3cc(Br)c(Br)n32)cnc1N. The molecule has 1 aliphatic rings. The van der Waals surface area contributed by atoms with Crippen molar-refractivity contribution in [2.45, 2.75) is 38.8 Å². The summed E-state index contributed by atoms with van der Waals surface area (Å²) in [5.74, 6) is -0.0742. The Morgan fingerprint density at radius 3 is 2.81 bits per heavy atom. The maximum absolute atomic E-state index is 12.5. The summed E-state index contributed by atoms with van der Waals surface area (Å²) < 4.78 is 10.1. The smallest absolute Gasteiger partial charge is 0.421 e. The molecule has 8 nitrogen and oxygen atoms in total. The molecule has 1 unspecified atom stereocenters. The summed E-state index contributed by atoms with van der Waals surface area (Å²) in [4.78, 5) is 28.7. The van der Waals surface area contributed by atoms with E-state index in [1.807, 2.05) is 4.57 Å². The number of halogens is 2. The highest BCUT2D eigenvalue weighted by Crippen LogP contribution is 2.33. The summed E-state index contributed by atoms with van der Waals surface area (Å²) in [6.07, 6.45) is 1.42. The summed E-state index contributed by atoms with van der Waals surface area (Å²) in [7, 11) is 0. The van der Waals surface area contributed by atoms with Gasteiger partial charge in [-0.15, -0.1) is 0 Å². The third kappa shape index (κ3) is 3.52. The van der Waals surface area contributed by atoms with Crippen LogP contribution in [-0.4, -0.2) is 38.3 Å². The molecule has 0 aliphatic carbocycles. The number of hydrogen-bond acceptors (Lipinski definition) is 5. The van der Waals surface area contributed by atoms with E-state index in [-0.39, 0.29) is 17.9 Å². The quantitative estimate of drug-likeness (QED) is 0.675. The van der Waals surface area contributed by atoms with Gasteiger partial charge in [0, 0.05) is 13.0 Å². The van der Waals surface area contributed by atoms with Crippen LogP contribution in [0.5, 0.6) is 0 Å². The molecule has 2 aromatic heterocycles. The van der Waals surface area contributed by atoms with Crippen LogP contribution in [0.15, 0.2) is 21.3 Å². The maximum atomic E-state index is 12.5. The number of aromatic nitrogens is 3. The number of fused-ring (bicyclic) bond motifs is 1. The second kappa shape index (κ2) is 6.73. The predicted octanol–water partition coefficient (Wildman–Crippen LogP) is 3.10. The Kier molecular flexibility index (Phi) is 4.91. The second-order valence-electron chi connectivity index (χ2n) is 7.03. The van der Waals surface area contributed by atoms with E-state index in [1.54, 1.807) is 33.0 Å². The van der Waals surface area contributed by atoms with Gasteiger partial charge in [-0.2, -0.15) is 0 Å². The van der Waals surface area contributed by atoms with E-state index in [0.29, 0.717) is 24.4 Å². The molecule has 1 atom stereocenters. The van der Waals surface area contributed by atoms with Gasteiger partial charge in [0.1, 0.15) is 11.3 Å². The summed E-state index contributed by atoms with van der Waals surface area (Å²) in [6, 6.07) is 1.64. The molecule has 0 saturated carbocycles. The predicted molar refractivity (Wildman–Crippen MR) is 103 cm³/mol. The molecular weight excluding hydrogens is 470 g/mol. The molecule has 10 heteroatoms. The number of hydrogen-bond donors (Lipinski definition) is 2. The van der Waals surface area contributed by atoms with E-state index in [4.69, 9.17) is 10.5 Å². The average Bonchev–Trinajstić information content (AvgIpc) is 3.02. The Labute approximate surface area is 167 Å². The first kappa shape index (κ1) is 19.0. The van der Waals surface area contributed by atoms with Crippen LogP contribution in [0.25, 0.3) is 0 Å². The zero-order valence-corrected chi connectivity index (χ0v) is 17.7. The fourth-order valence-corrected chi connectivity index (χ4v) is 3.87. The molecule has 0 saturated heterocycles. The summed E-state index contributed by atoms with van der Waals surface area (Å²) in [5.41, 5.74) is 6.38. The zero-order chi connectivity index (χ0) is 19.2. The number of carbonyl (C=O) groups excluding carboxylic acids is 2. The van der Waals surface area contributed by atoms with Crippen LogP contribution >= 0.6 is 31.9 Å². The molecule has 2 aromatic rings. The van der Waals surface area contributed by atoms with E-state index >= 15 is 0 Å². The van der Waals surface area contributed by atoms with Crippen LogP contribution in [0, 0.1) is 0 Å². The molecule has 0 radical (unpaired) electrons. The van der Waals surface area contributed by atoms with E-state index in [9.17, 15) is 9.59 Å². The number of amides is 1. The van der Waals surface area contributed by atoms with Crippen molar-refractivity contribution in [3.05, 3.63) is 32.7 Å². The lowest BCUT2D eigenvalue weighted by Gasteiger charge is -2.28. The minimum absolute atomic E-state index is 0.0714. The standard InChI is InChI=1S/C16H19Br2N5O3/c1-16(2,3)26-15(25)23-9(7-21-14(23)19)4-8-6-20-13(24)11-5-10(17)12(18)22(8)11/h5,7-8H,4,6H2,1-3H3,(H2,19,21)(H,20,24). The van der Waals surface area contributed by atoms with Crippen molar-refractivity contribution in [1.82, 2.24) is 19.4 Å². The fraction of sp³-hybridized carbons (Fsp3) is 0.438. The van der Waals surface area contributed by atoms with Crippen LogP contribution in [0.4, 0.5) is 10.7 Å². The van der Waals surface area contributed by atoms with Crippen molar-refractivity contribution in [1.29, 1.82) is 0 Å². The van der Waals surface area contributed by atoms with Gasteiger partial charge in [0.25, 0.3) is 5.91 Å². The first-order chi connectivity index (χ1) is 12.1. The van der Waals surface area contributed by atoms with Gasteiger partial charge < -0.3 is 20.4 Å². The molecule has 0 bridgehead atoms. The van der Waals surface area contributed by atoms with Gasteiger partial charge >= 0.3 is 6.09 Å². The van der Waals surface area contributed by atoms with Crippen LogP contribution < -0.4 is 11.1 Å². The molecule has 3 rings (SSSR count). The van der Waals surface area contributed by atoms with Gasteiger partial charge in [0.15, 0.2) is 0 Å². The molecule has 1 amide bonds. The number of nitrogens with one attached hydrogen (secondary N) is 1. The number of imidazole rings is 1. The average molecular weight is 489 g/mol. The van der Waals surface area contributed by atoms with Crippen molar-refractivity contribution in [2.24, 2.45) is 0 Å². The minimum Gasteiger partial charge on any atom is -0.443 e. The second-order valence-corrected chi connectivity index (χ2v) is 8.64. The number of carbonyl (C=O) groups is 2. The van der Waals surface area contributed by atoms with Crippen molar-refractivity contribution in [2.75, 3.05) is 12.3 Å². The number of nitrogens with two attached hydrogens (primary N) is 1. The van der Waals surface area contributed by atoms with E-state index in [1.165, 1.54) is 4.57 Å². The summed E-state index contributed by atoms with van der Waals surface area (Å²) >= 11 is 6.94. The summed E-state index contributed by atoms with van der Waals surface area (Å²) in [6.45, 7) is 5.78. The van der Waals surface area contributed by atoms with Crippen LogP contribution in [-0.2, 0) is 11.2 Å². The molecule has 1 aliphatic heterocycles. The first-order valence-electron chi connectivity index (χ1n) is 7.98. The largest absolute Gasteiger partial charge is 0.443 e. The molecule has 0 spiro atoms. The van der Waals surface area contributed by atoms with Crippen LogP contribution in [0.3, 0.4) is 0 Å². The highest BCUT2D eigenvalue weighted by atomic mass is 79.9. The Bertz CT molecular complexity index is 881.